The second-order valence-electron chi connectivity index (χ2n) is 5.40. The van der Waals surface area contributed by atoms with Crippen LogP contribution in [0.3, 0.4) is 0 Å². The maximum absolute atomic E-state index is 5.77. The molecule has 1 fully saturated rings. The molecule has 0 radical (unpaired) electrons. The first-order valence-electron chi connectivity index (χ1n) is 7.07. The lowest BCUT2D eigenvalue weighted by Gasteiger charge is -2.31. The molecule has 5 nitrogen and oxygen atoms in total. The van der Waals surface area contributed by atoms with E-state index in [2.05, 4.69) is 21.9 Å². The molecule has 0 aliphatic carbocycles. The van der Waals surface area contributed by atoms with Gasteiger partial charge in [0.25, 0.3) is 0 Å². The summed E-state index contributed by atoms with van der Waals surface area (Å²) in [5, 5.41) is 4.53. The average Bonchev–Trinajstić information content (AvgIpc) is 2.80. The smallest absolute Gasteiger partial charge is 0.157 e. The minimum atomic E-state index is 0.684. The van der Waals surface area contributed by atoms with Crippen molar-refractivity contribution in [1.29, 1.82) is 0 Å². The third kappa shape index (κ3) is 2.71. The maximum atomic E-state index is 5.77. The minimum Gasteiger partial charge on any atom is -0.399 e. The van der Waals surface area contributed by atoms with Gasteiger partial charge in [0.2, 0.25) is 0 Å². The van der Waals surface area contributed by atoms with Gasteiger partial charge in [-0.05, 0) is 37.9 Å². The normalized spacial score (nSPS) is 21.0. The van der Waals surface area contributed by atoms with Crippen molar-refractivity contribution in [3.05, 3.63) is 24.2 Å². The number of anilines is 1. The van der Waals surface area contributed by atoms with Crippen LogP contribution in [0.1, 0.15) is 25.6 Å². The molecular formula is C14H21N5. The van der Waals surface area contributed by atoms with E-state index < -0.39 is 0 Å². The number of hydrogen-bond acceptors (Lipinski definition) is 4. The molecule has 2 aromatic rings. The van der Waals surface area contributed by atoms with Gasteiger partial charge in [0.15, 0.2) is 11.5 Å². The average molecular weight is 259 g/mol. The van der Waals surface area contributed by atoms with Crippen LogP contribution in [0, 0.1) is 5.92 Å². The van der Waals surface area contributed by atoms with Gasteiger partial charge in [-0.3, -0.25) is 0 Å². The Hall–Kier alpha value is -1.62. The lowest BCUT2D eigenvalue weighted by Crippen LogP contribution is -2.36. The van der Waals surface area contributed by atoms with E-state index in [0.717, 1.165) is 30.1 Å². The summed E-state index contributed by atoms with van der Waals surface area (Å²) in [6.07, 6.45) is 5.42. The van der Waals surface area contributed by atoms with Crippen molar-refractivity contribution in [2.75, 3.05) is 25.4 Å². The van der Waals surface area contributed by atoms with Crippen LogP contribution in [0.2, 0.25) is 0 Å². The minimum absolute atomic E-state index is 0.684. The molecule has 1 aliphatic rings. The number of nitrogens with zero attached hydrogens (tertiary/aromatic N) is 4. The van der Waals surface area contributed by atoms with Crippen molar-refractivity contribution in [2.24, 2.45) is 5.92 Å². The van der Waals surface area contributed by atoms with Crippen LogP contribution < -0.4 is 5.73 Å². The van der Waals surface area contributed by atoms with Crippen LogP contribution >= 0.6 is 0 Å². The van der Waals surface area contributed by atoms with Gasteiger partial charge in [0, 0.05) is 30.9 Å². The molecular weight excluding hydrogens is 238 g/mol. The summed E-state index contributed by atoms with van der Waals surface area (Å²) in [7, 11) is 0. The van der Waals surface area contributed by atoms with E-state index in [1.165, 1.54) is 25.9 Å². The summed E-state index contributed by atoms with van der Waals surface area (Å²) < 4.78 is 1.81. The summed E-state index contributed by atoms with van der Waals surface area (Å²) in [6.45, 7) is 5.79. The molecule has 2 N–H and O–H groups in total. The molecule has 0 aromatic carbocycles. The van der Waals surface area contributed by atoms with Gasteiger partial charge in [0.1, 0.15) is 0 Å². The van der Waals surface area contributed by atoms with Crippen molar-refractivity contribution in [1.82, 2.24) is 19.5 Å². The molecule has 0 spiro atoms. The Bertz CT molecular complexity index is 562. The molecule has 0 saturated carbocycles. The van der Waals surface area contributed by atoms with E-state index in [1.54, 1.807) is 0 Å². The third-order valence-electron chi connectivity index (χ3n) is 3.93. The molecule has 19 heavy (non-hydrogen) atoms. The number of aromatic nitrogens is 3. The lowest BCUT2D eigenvalue weighted by molar-refractivity contribution is 0.181. The molecule has 3 heterocycles. The number of nitrogens with two attached hydrogens (primary N) is 1. The molecule has 102 valence electrons. The van der Waals surface area contributed by atoms with Crippen LogP contribution in [-0.2, 0) is 6.42 Å². The molecule has 1 aliphatic heterocycles. The van der Waals surface area contributed by atoms with Gasteiger partial charge in [-0.1, -0.05) is 6.92 Å². The first-order valence-corrected chi connectivity index (χ1v) is 7.07. The highest BCUT2D eigenvalue weighted by Crippen LogP contribution is 2.19. The summed E-state index contributed by atoms with van der Waals surface area (Å²) in [5.74, 6) is 1.62. The number of piperidine rings is 1. The predicted octanol–water partition coefficient (Wildman–Crippen LogP) is 1.59. The van der Waals surface area contributed by atoms with Crippen LogP contribution in [0.15, 0.2) is 18.3 Å². The van der Waals surface area contributed by atoms with Crippen molar-refractivity contribution >= 4 is 11.3 Å². The number of likely N-dealkylation sites (tertiary alicyclic amines) is 1. The fourth-order valence-corrected chi connectivity index (χ4v) is 2.89. The largest absolute Gasteiger partial charge is 0.399 e. The van der Waals surface area contributed by atoms with E-state index in [4.69, 9.17) is 5.73 Å². The zero-order chi connectivity index (χ0) is 13.2. The number of rotatable bonds is 3. The Morgan fingerprint density at radius 2 is 2.37 bits per heavy atom. The molecule has 0 bridgehead atoms. The van der Waals surface area contributed by atoms with Gasteiger partial charge in [0.05, 0.1) is 0 Å². The number of fused-ring (bicyclic) bond motifs is 1. The van der Waals surface area contributed by atoms with Crippen LogP contribution in [-0.4, -0.2) is 39.1 Å². The standard InChI is InChI=1S/C14H21N5/c1-2-18-6-3-4-11(10-18)8-13-16-14-9-12(15)5-7-19(14)17-13/h5,7,9,11H,2-4,6,8,10,15H2,1H3. The molecule has 1 saturated heterocycles. The number of nitrogen functional groups attached to an aromatic ring is 1. The Morgan fingerprint density at radius 1 is 1.47 bits per heavy atom. The third-order valence-corrected chi connectivity index (χ3v) is 3.93. The highest BCUT2D eigenvalue weighted by Gasteiger charge is 2.20. The van der Waals surface area contributed by atoms with Crippen LogP contribution in [0.5, 0.6) is 0 Å². The Kier molecular flexibility index (Phi) is 3.38. The van der Waals surface area contributed by atoms with Gasteiger partial charge >= 0.3 is 0 Å². The molecule has 3 rings (SSSR count). The van der Waals surface area contributed by atoms with E-state index >= 15 is 0 Å². The van der Waals surface area contributed by atoms with E-state index in [0.29, 0.717) is 5.92 Å². The summed E-state index contributed by atoms with van der Waals surface area (Å²) >= 11 is 0. The van der Waals surface area contributed by atoms with Crippen molar-refractivity contribution in [2.45, 2.75) is 26.2 Å². The van der Waals surface area contributed by atoms with E-state index in [-0.39, 0.29) is 0 Å². The highest BCUT2D eigenvalue weighted by molar-refractivity contribution is 5.50. The highest BCUT2D eigenvalue weighted by atomic mass is 15.3. The van der Waals surface area contributed by atoms with Crippen molar-refractivity contribution < 1.29 is 0 Å². The molecule has 5 heteroatoms. The second kappa shape index (κ2) is 5.17. The molecule has 1 atom stereocenters. The van der Waals surface area contributed by atoms with Crippen LogP contribution in [0.4, 0.5) is 5.69 Å². The Balaban J connectivity index is 1.74. The maximum Gasteiger partial charge on any atom is 0.157 e. The number of pyridine rings is 1. The first-order chi connectivity index (χ1) is 9.24. The van der Waals surface area contributed by atoms with Gasteiger partial charge in [-0.15, -0.1) is 0 Å². The fraction of sp³-hybridized carbons (Fsp3) is 0.571. The zero-order valence-corrected chi connectivity index (χ0v) is 11.4. The van der Waals surface area contributed by atoms with Gasteiger partial charge < -0.3 is 10.6 Å². The van der Waals surface area contributed by atoms with Crippen LogP contribution in [0.25, 0.3) is 5.65 Å². The molecule has 2 aromatic heterocycles. The Morgan fingerprint density at radius 3 is 3.21 bits per heavy atom. The molecule has 1 unspecified atom stereocenters. The summed E-state index contributed by atoms with van der Waals surface area (Å²) in [4.78, 5) is 7.09. The topological polar surface area (TPSA) is 59.5 Å². The van der Waals surface area contributed by atoms with Gasteiger partial charge in [-0.25, -0.2) is 9.50 Å². The predicted molar refractivity (Wildman–Crippen MR) is 75.9 cm³/mol. The SMILES string of the molecule is CCN1CCCC(Cc2nc3cc(N)ccn3n2)C1. The van der Waals surface area contributed by atoms with E-state index in [9.17, 15) is 0 Å². The Labute approximate surface area is 113 Å². The summed E-state index contributed by atoms with van der Waals surface area (Å²) in [5.41, 5.74) is 7.35. The fourth-order valence-electron chi connectivity index (χ4n) is 2.89. The zero-order valence-electron chi connectivity index (χ0n) is 11.4. The lowest BCUT2D eigenvalue weighted by atomic mass is 9.94. The first kappa shape index (κ1) is 12.4. The van der Waals surface area contributed by atoms with E-state index in [1.807, 2.05) is 22.8 Å². The van der Waals surface area contributed by atoms with Crippen molar-refractivity contribution in [3.63, 3.8) is 0 Å². The monoisotopic (exact) mass is 259 g/mol. The summed E-state index contributed by atoms with van der Waals surface area (Å²) in [6, 6.07) is 3.72. The number of hydrogen-bond donors (Lipinski definition) is 1. The van der Waals surface area contributed by atoms with Gasteiger partial charge in [-0.2, -0.15) is 5.10 Å². The quantitative estimate of drug-likeness (QED) is 0.909. The molecule has 0 amide bonds. The second-order valence-corrected chi connectivity index (χ2v) is 5.40. The van der Waals surface area contributed by atoms with Crippen molar-refractivity contribution in [3.8, 4) is 0 Å².